The Hall–Kier alpha value is 0.310. The Labute approximate surface area is 112 Å². The summed E-state index contributed by atoms with van der Waals surface area (Å²) in [5.74, 6) is 3.44. The van der Waals surface area contributed by atoms with E-state index in [9.17, 15) is 5.11 Å². The van der Waals surface area contributed by atoms with E-state index >= 15 is 0 Å². The van der Waals surface area contributed by atoms with Crippen molar-refractivity contribution in [1.29, 1.82) is 0 Å². The summed E-state index contributed by atoms with van der Waals surface area (Å²) < 4.78 is 0. The minimum Gasteiger partial charge on any atom is -0.393 e. The van der Waals surface area contributed by atoms with Gasteiger partial charge in [-0.05, 0) is 43.1 Å². The predicted octanol–water partition coefficient (Wildman–Crippen LogP) is 4.63. The minimum absolute atomic E-state index is 0.0192. The van der Waals surface area contributed by atoms with Crippen LogP contribution in [-0.4, -0.2) is 22.7 Å². The van der Waals surface area contributed by atoms with Crippen LogP contribution < -0.4 is 0 Å². The highest BCUT2D eigenvalue weighted by atomic mass is 32.2. The van der Waals surface area contributed by atoms with Crippen LogP contribution in [0.15, 0.2) is 0 Å². The van der Waals surface area contributed by atoms with Gasteiger partial charge in [-0.15, -0.1) is 0 Å². The van der Waals surface area contributed by atoms with Crippen molar-refractivity contribution >= 4 is 11.8 Å². The molecule has 0 bridgehead atoms. The Kier molecular flexibility index (Phi) is 9.27. The van der Waals surface area contributed by atoms with Crippen LogP contribution in [0.25, 0.3) is 0 Å². The van der Waals surface area contributed by atoms with E-state index in [0.717, 1.165) is 18.8 Å². The van der Waals surface area contributed by atoms with Crippen LogP contribution in [0.5, 0.6) is 0 Å². The van der Waals surface area contributed by atoms with Gasteiger partial charge in [0, 0.05) is 0 Å². The van der Waals surface area contributed by atoms with Crippen molar-refractivity contribution in [2.75, 3.05) is 11.5 Å². The maximum absolute atomic E-state index is 10.00. The maximum Gasteiger partial charge on any atom is 0.0542 e. The van der Waals surface area contributed by atoms with Gasteiger partial charge >= 0.3 is 0 Å². The van der Waals surface area contributed by atoms with Gasteiger partial charge in [0.25, 0.3) is 0 Å². The molecule has 1 aliphatic rings. The Balaban J connectivity index is 1.91. The van der Waals surface area contributed by atoms with Crippen LogP contribution in [0.4, 0.5) is 0 Å². The second-order valence-corrected chi connectivity index (χ2v) is 6.73. The third kappa shape index (κ3) is 8.10. The van der Waals surface area contributed by atoms with Crippen molar-refractivity contribution in [2.24, 2.45) is 5.92 Å². The van der Waals surface area contributed by atoms with Crippen LogP contribution in [-0.2, 0) is 0 Å². The molecule has 102 valence electrons. The van der Waals surface area contributed by atoms with Gasteiger partial charge in [-0.2, -0.15) is 11.8 Å². The summed E-state index contributed by atoms with van der Waals surface area (Å²) in [7, 11) is 0. The van der Waals surface area contributed by atoms with Gasteiger partial charge in [0.15, 0.2) is 0 Å². The van der Waals surface area contributed by atoms with E-state index in [0.29, 0.717) is 0 Å². The summed E-state index contributed by atoms with van der Waals surface area (Å²) in [4.78, 5) is 0. The van der Waals surface area contributed by atoms with E-state index in [-0.39, 0.29) is 6.10 Å². The molecule has 1 saturated heterocycles. The minimum atomic E-state index is -0.0192. The molecule has 0 aromatic heterocycles. The molecule has 0 radical (unpaired) electrons. The lowest BCUT2D eigenvalue weighted by Crippen LogP contribution is -2.17. The second-order valence-electron chi connectivity index (χ2n) is 5.50. The van der Waals surface area contributed by atoms with Crippen molar-refractivity contribution in [3.63, 3.8) is 0 Å². The van der Waals surface area contributed by atoms with Crippen LogP contribution in [0.3, 0.4) is 0 Å². The zero-order chi connectivity index (χ0) is 12.3. The Morgan fingerprint density at radius 3 is 2.41 bits per heavy atom. The maximum atomic E-state index is 10.00. The van der Waals surface area contributed by atoms with E-state index in [1.165, 1.54) is 62.9 Å². The standard InChI is InChI=1S/C15H30OS/c1-2-3-4-5-6-7-8-15(16)13-14-9-11-17-12-10-14/h14-16H,2-13H2,1H3. The molecule has 2 heteroatoms. The summed E-state index contributed by atoms with van der Waals surface area (Å²) in [5.41, 5.74) is 0. The molecule has 1 unspecified atom stereocenters. The number of aliphatic hydroxyl groups is 1. The zero-order valence-electron chi connectivity index (χ0n) is 11.5. The molecule has 17 heavy (non-hydrogen) atoms. The normalized spacial score (nSPS) is 19.4. The van der Waals surface area contributed by atoms with Gasteiger partial charge in [0.2, 0.25) is 0 Å². The number of rotatable bonds is 9. The van der Waals surface area contributed by atoms with E-state index in [1.807, 2.05) is 0 Å². The summed E-state index contributed by atoms with van der Waals surface area (Å²) >= 11 is 2.07. The molecule has 1 aliphatic heterocycles. The smallest absolute Gasteiger partial charge is 0.0542 e. The molecule has 1 fully saturated rings. The summed E-state index contributed by atoms with van der Waals surface area (Å²) in [6, 6.07) is 0. The van der Waals surface area contributed by atoms with Gasteiger partial charge in [-0.25, -0.2) is 0 Å². The highest BCUT2D eigenvalue weighted by molar-refractivity contribution is 7.99. The van der Waals surface area contributed by atoms with Crippen molar-refractivity contribution in [3.8, 4) is 0 Å². The van der Waals surface area contributed by atoms with Crippen molar-refractivity contribution in [2.45, 2.75) is 77.2 Å². The van der Waals surface area contributed by atoms with Gasteiger partial charge < -0.3 is 5.11 Å². The highest BCUT2D eigenvalue weighted by Crippen LogP contribution is 2.27. The van der Waals surface area contributed by atoms with Gasteiger partial charge in [-0.3, -0.25) is 0 Å². The number of hydrogen-bond donors (Lipinski definition) is 1. The third-order valence-electron chi connectivity index (χ3n) is 3.84. The quantitative estimate of drug-likeness (QED) is 0.608. The fourth-order valence-electron chi connectivity index (χ4n) is 2.65. The molecule has 0 saturated carbocycles. The lowest BCUT2D eigenvalue weighted by molar-refractivity contribution is 0.127. The second kappa shape index (κ2) is 10.3. The molecule has 1 N–H and O–H groups in total. The first-order chi connectivity index (χ1) is 8.33. The summed E-state index contributed by atoms with van der Waals surface area (Å²) in [5, 5.41) is 10.00. The van der Waals surface area contributed by atoms with E-state index in [4.69, 9.17) is 0 Å². The third-order valence-corrected chi connectivity index (χ3v) is 4.89. The lowest BCUT2D eigenvalue weighted by Gasteiger charge is -2.23. The van der Waals surface area contributed by atoms with E-state index in [2.05, 4.69) is 18.7 Å². The van der Waals surface area contributed by atoms with Crippen LogP contribution in [0, 0.1) is 5.92 Å². The fraction of sp³-hybridized carbons (Fsp3) is 1.00. The number of thioether (sulfide) groups is 1. The number of unbranched alkanes of at least 4 members (excludes halogenated alkanes) is 5. The van der Waals surface area contributed by atoms with Crippen molar-refractivity contribution < 1.29 is 5.11 Å². The van der Waals surface area contributed by atoms with Crippen LogP contribution >= 0.6 is 11.8 Å². The first kappa shape index (κ1) is 15.4. The molecule has 0 spiro atoms. The molecule has 1 rings (SSSR count). The van der Waals surface area contributed by atoms with Crippen molar-refractivity contribution in [1.82, 2.24) is 0 Å². The average molecular weight is 258 g/mol. The molecule has 1 atom stereocenters. The van der Waals surface area contributed by atoms with Gasteiger partial charge in [0.05, 0.1) is 6.10 Å². The van der Waals surface area contributed by atoms with Gasteiger partial charge in [0.1, 0.15) is 0 Å². The van der Waals surface area contributed by atoms with Crippen LogP contribution in [0.1, 0.15) is 71.1 Å². The first-order valence-corrected chi connectivity index (χ1v) is 8.74. The van der Waals surface area contributed by atoms with E-state index < -0.39 is 0 Å². The molecule has 0 amide bonds. The molecular weight excluding hydrogens is 228 g/mol. The predicted molar refractivity (Wildman–Crippen MR) is 78.7 cm³/mol. The molecule has 1 nitrogen and oxygen atoms in total. The van der Waals surface area contributed by atoms with Crippen LogP contribution in [0.2, 0.25) is 0 Å². The largest absolute Gasteiger partial charge is 0.393 e. The first-order valence-electron chi connectivity index (χ1n) is 7.58. The Morgan fingerprint density at radius 1 is 1.06 bits per heavy atom. The zero-order valence-corrected chi connectivity index (χ0v) is 12.3. The Bertz CT molecular complexity index is 166. The summed E-state index contributed by atoms with van der Waals surface area (Å²) in [6.07, 6.45) is 12.7. The molecule has 0 aliphatic carbocycles. The topological polar surface area (TPSA) is 20.2 Å². The lowest BCUT2D eigenvalue weighted by atomic mass is 9.93. The monoisotopic (exact) mass is 258 g/mol. The fourth-order valence-corrected chi connectivity index (χ4v) is 3.85. The molecule has 1 heterocycles. The average Bonchev–Trinajstić information content (AvgIpc) is 2.35. The number of hydrogen-bond acceptors (Lipinski definition) is 2. The summed E-state index contributed by atoms with van der Waals surface area (Å²) in [6.45, 7) is 2.26. The molecule has 0 aromatic rings. The number of aliphatic hydroxyl groups excluding tert-OH is 1. The highest BCUT2D eigenvalue weighted by Gasteiger charge is 2.17. The Morgan fingerprint density at radius 2 is 1.71 bits per heavy atom. The SMILES string of the molecule is CCCCCCCCC(O)CC1CCSCC1. The molecule has 0 aromatic carbocycles. The van der Waals surface area contributed by atoms with E-state index in [1.54, 1.807) is 0 Å². The molecular formula is C15H30OS. The van der Waals surface area contributed by atoms with Crippen molar-refractivity contribution in [3.05, 3.63) is 0 Å². The van der Waals surface area contributed by atoms with Gasteiger partial charge in [-0.1, -0.05) is 45.4 Å².